The maximum atomic E-state index is 10.8. The Bertz CT molecular complexity index is 802. The highest BCUT2D eigenvalue weighted by Gasteiger charge is 2.07. The molecule has 0 bridgehead atoms. The third-order valence-electron chi connectivity index (χ3n) is 3.00. The molecule has 1 N–H and O–H groups in total. The Morgan fingerprint density at radius 1 is 1.23 bits per heavy atom. The molecule has 0 aliphatic carbocycles. The number of aldehydes is 1. The van der Waals surface area contributed by atoms with Gasteiger partial charge in [-0.15, -0.1) is 0 Å². The molecule has 6 heteroatoms. The molecular weight excluding hydrogens is 284 g/mol. The zero-order chi connectivity index (χ0) is 16.1. The minimum Gasteiger partial charge on any atom is -0.507 e. The van der Waals surface area contributed by atoms with Gasteiger partial charge in [-0.2, -0.15) is 5.26 Å². The fraction of sp³-hybridized carbons (Fsp3) is 0. The summed E-state index contributed by atoms with van der Waals surface area (Å²) in [4.78, 5) is 20.9. The van der Waals surface area contributed by atoms with Crippen molar-refractivity contribution >= 4 is 23.6 Å². The lowest BCUT2D eigenvalue weighted by atomic mass is 10.0. The molecule has 0 saturated carbocycles. The van der Waals surface area contributed by atoms with Crippen LogP contribution in [0.15, 0.2) is 42.5 Å². The first-order valence-corrected chi connectivity index (χ1v) is 6.20. The van der Waals surface area contributed by atoms with Gasteiger partial charge in [0.15, 0.2) is 6.29 Å². The van der Waals surface area contributed by atoms with Gasteiger partial charge in [-0.1, -0.05) is 6.07 Å². The number of carbonyl (C=O) groups excluding carboxylic acids is 1. The number of benzene rings is 2. The van der Waals surface area contributed by atoms with Crippen LogP contribution in [0.4, 0.5) is 5.69 Å². The monoisotopic (exact) mass is 294 g/mol. The molecule has 0 aromatic heterocycles. The van der Waals surface area contributed by atoms with E-state index in [1.807, 2.05) is 6.07 Å². The summed E-state index contributed by atoms with van der Waals surface area (Å²) in [6.07, 6.45) is 2.05. The predicted octanol–water partition coefficient (Wildman–Crippen LogP) is 3.18. The minimum atomic E-state index is -0.518. The maximum absolute atomic E-state index is 10.8. The van der Waals surface area contributed by atoms with Crippen molar-refractivity contribution in [3.05, 3.63) is 69.3 Å². The fourth-order valence-electron chi connectivity index (χ4n) is 1.87. The Hall–Kier alpha value is -3.46. The molecule has 22 heavy (non-hydrogen) atoms. The maximum Gasteiger partial charge on any atom is 0.269 e. The molecule has 6 nitrogen and oxygen atoms in total. The Labute approximate surface area is 125 Å². The highest BCUT2D eigenvalue weighted by molar-refractivity contribution is 5.91. The number of hydrogen-bond donors (Lipinski definition) is 1. The van der Waals surface area contributed by atoms with E-state index in [0.717, 1.165) is 0 Å². The number of phenols is 1. The van der Waals surface area contributed by atoms with Crippen LogP contribution in [0.25, 0.3) is 11.6 Å². The number of carbonyl (C=O) groups is 1. The lowest BCUT2D eigenvalue weighted by Crippen LogP contribution is -1.89. The number of nitro groups is 1. The SMILES string of the molecule is N#CC(=Cc1ccc(O)c(C=O)c1)c1ccc([N+](=O)[O-])cc1. The average molecular weight is 294 g/mol. The van der Waals surface area contributed by atoms with E-state index >= 15 is 0 Å². The first kappa shape index (κ1) is 14.9. The summed E-state index contributed by atoms with van der Waals surface area (Å²) in [5.41, 5.74) is 1.43. The van der Waals surface area contributed by atoms with Crippen LogP contribution in [0.3, 0.4) is 0 Å². The van der Waals surface area contributed by atoms with Crippen LogP contribution in [-0.4, -0.2) is 16.3 Å². The van der Waals surface area contributed by atoms with Crippen molar-refractivity contribution < 1.29 is 14.8 Å². The van der Waals surface area contributed by atoms with Gasteiger partial charge in [-0.05, 0) is 41.5 Å². The summed E-state index contributed by atoms with van der Waals surface area (Å²) in [5.74, 6) is -0.138. The molecule has 0 radical (unpaired) electrons. The number of non-ortho nitro benzene ring substituents is 1. The van der Waals surface area contributed by atoms with Gasteiger partial charge in [0.25, 0.3) is 5.69 Å². The third kappa shape index (κ3) is 3.16. The summed E-state index contributed by atoms with van der Waals surface area (Å²) >= 11 is 0. The molecule has 108 valence electrons. The van der Waals surface area contributed by atoms with E-state index < -0.39 is 4.92 Å². The summed E-state index contributed by atoms with van der Waals surface area (Å²) in [6.45, 7) is 0. The van der Waals surface area contributed by atoms with Crippen molar-refractivity contribution in [1.29, 1.82) is 5.26 Å². The molecule has 0 aliphatic rings. The van der Waals surface area contributed by atoms with Crippen molar-refractivity contribution in [3.63, 3.8) is 0 Å². The number of nitrogens with zero attached hydrogens (tertiary/aromatic N) is 2. The highest BCUT2D eigenvalue weighted by atomic mass is 16.6. The number of allylic oxidation sites excluding steroid dienone is 1. The largest absolute Gasteiger partial charge is 0.507 e. The average Bonchev–Trinajstić information content (AvgIpc) is 2.54. The number of aromatic hydroxyl groups is 1. The Balaban J connectivity index is 2.41. The second-order valence-corrected chi connectivity index (χ2v) is 4.41. The van der Waals surface area contributed by atoms with Gasteiger partial charge in [-0.3, -0.25) is 14.9 Å². The smallest absolute Gasteiger partial charge is 0.269 e. The van der Waals surface area contributed by atoms with Gasteiger partial charge >= 0.3 is 0 Å². The third-order valence-corrected chi connectivity index (χ3v) is 3.00. The molecule has 2 aromatic rings. The van der Waals surface area contributed by atoms with E-state index in [9.17, 15) is 25.3 Å². The second-order valence-electron chi connectivity index (χ2n) is 4.41. The van der Waals surface area contributed by atoms with Crippen LogP contribution < -0.4 is 0 Å². The summed E-state index contributed by atoms with van der Waals surface area (Å²) < 4.78 is 0. The number of hydrogen-bond acceptors (Lipinski definition) is 5. The lowest BCUT2D eigenvalue weighted by molar-refractivity contribution is -0.384. The first-order valence-electron chi connectivity index (χ1n) is 6.20. The molecule has 0 saturated heterocycles. The highest BCUT2D eigenvalue weighted by Crippen LogP contribution is 2.23. The van der Waals surface area contributed by atoms with E-state index in [2.05, 4.69) is 0 Å². The molecule has 0 fully saturated rings. The van der Waals surface area contributed by atoms with Gasteiger partial charge in [0.05, 0.1) is 22.1 Å². The predicted molar refractivity (Wildman–Crippen MR) is 80.1 cm³/mol. The van der Waals surface area contributed by atoms with E-state index in [4.69, 9.17) is 0 Å². The Morgan fingerprint density at radius 3 is 2.45 bits per heavy atom. The lowest BCUT2D eigenvalue weighted by Gasteiger charge is -2.02. The van der Waals surface area contributed by atoms with Crippen LogP contribution in [0, 0.1) is 21.4 Å². The van der Waals surface area contributed by atoms with E-state index in [1.165, 1.54) is 42.5 Å². The topological polar surface area (TPSA) is 104 Å². The van der Waals surface area contributed by atoms with Crippen molar-refractivity contribution in [3.8, 4) is 11.8 Å². The number of nitro benzene ring substituents is 1. The normalized spacial score (nSPS) is 10.8. The van der Waals surface area contributed by atoms with Crippen LogP contribution in [0.2, 0.25) is 0 Å². The molecule has 0 atom stereocenters. The van der Waals surface area contributed by atoms with Crippen molar-refractivity contribution in [2.75, 3.05) is 0 Å². The number of rotatable bonds is 4. The van der Waals surface area contributed by atoms with Gasteiger partial charge in [-0.25, -0.2) is 0 Å². The van der Waals surface area contributed by atoms with Gasteiger partial charge < -0.3 is 5.11 Å². The van der Waals surface area contributed by atoms with Gasteiger partial charge in [0.1, 0.15) is 5.75 Å². The van der Waals surface area contributed by atoms with Crippen molar-refractivity contribution in [1.82, 2.24) is 0 Å². The molecule has 2 rings (SSSR count). The minimum absolute atomic E-state index is 0.0612. The van der Waals surface area contributed by atoms with E-state index in [1.54, 1.807) is 6.07 Å². The molecule has 0 heterocycles. The Morgan fingerprint density at radius 2 is 1.91 bits per heavy atom. The van der Waals surface area contributed by atoms with Crippen LogP contribution in [0.1, 0.15) is 21.5 Å². The number of phenolic OH excluding ortho intramolecular Hbond substituents is 1. The second kappa shape index (κ2) is 6.33. The standard InChI is InChI=1S/C16H10N2O4/c17-9-13(12-2-4-15(5-3-12)18(21)22)7-11-1-6-16(20)14(8-11)10-19/h1-8,10,20H. The summed E-state index contributed by atoms with van der Waals surface area (Å²) in [6, 6.07) is 12.0. The van der Waals surface area contributed by atoms with Crippen molar-refractivity contribution in [2.24, 2.45) is 0 Å². The Kier molecular flexibility index (Phi) is 4.30. The van der Waals surface area contributed by atoms with E-state index in [-0.39, 0.29) is 22.6 Å². The number of nitriles is 1. The summed E-state index contributed by atoms with van der Waals surface area (Å²) in [7, 11) is 0. The molecule has 0 unspecified atom stereocenters. The molecule has 2 aromatic carbocycles. The zero-order valence-electron chi connectivity index (χ0n) is 11.3. The first-order chi connectivity index (χ1) is 10.5. The van der Waals surface area contributed by atoms with Gasteiger partial charge in [0, 0.05) is 12.1 Å². The quantitative estimate of drug-likeness (QED) is 0.306. The van der Waals surface area contributed by atoms with Crippen LogP contribution >= 0.6 is 0 Å². The van der Waals surface area contributed by atoms with Crippen molar-refractivity contribution in [2.45, 2.75) is 0 Å². The zero-order valence-corrected chi connectivity index (χ0v) is 11.3. The molecule has 0 aliphatic heterocycles. The van der Waals surface area contributed by atoms with Crippen LogP contribution in [0.5, 0.6) is 5.75 Å². The molecule has 0 amide bonds. The van der Waals surface area contributed by atoms with Gasteiger partial charge in [0.2, 0.25) is 0 Å². The van der Waals surface area contributed by atoms with Crippen LogP contribution in [-0.2, 0) is 0 Å². The fourth-order valence-corrected chi connectivity index (χ4v) is 1.87. The van der Waals surface area contributed by atoms with E-state index in [0.29, 0.717) is 17.4 Å². The molecule has 0 spiro atoms. The molecular formula is C16H10N2O4. The summed E-state index contributed by atoms with van der Waals surface area (Å²) in [5, 5.41) is 29.3.